The van der Waals surface area contributed by atoms with Crippen LogP contribution in [-0.4, -0.2) is 11.7 Å². The number of aliphatic hydroxyl groups is 1. The third kappa shape index (κ3) is 2.51. The number of hydrogen-bond donors (Lipinski definition) is 2. The van der Waals surface area contributed by atoms with E-state index in [-0.39, 0.29) is 17.2 Å². The zero-order chi connectivity index (χ0) is 12.5. The molecule has 0 bridgehead atoms. The van der Waals surface area contributed by atoms with Gasteiger partial charge in [-0.3, -0.25) is 0 Å². The normalized spacial score (nSPS) is 13.9. The summed E-state index contributed by atoms with van der Waals surface area (Å²) in [6, 6.07) is 1.08. The van der Waals surface area contributed by atoms with E-state index in [1.54, 1.807) is 13.8 Å². The summed E-state index contributed by atoms with van der Waals surface area (Å²) in [5.41, 5.74) is 4.70. The van der Waals surface area contributed by atoms with Crippen molar-refractivity contribution in [3.63, 3.8) is 0 Å². The molecule has 16 heavy (non-hydrogen) atoms. The van der Waals surface area contributed by atoms with E-state index in [1.165, 1.54) is 0 Å². The first-order valence-electron chi connectivity index (χ1n) is 4.80. The lowest BCUT2D eigenvalue weighted by atomic mass is 9.81. The molecular weight excluding hydrogens is 236 g/mol. The molecule has 1 aromatic rings. The lowest BCUT2D eigenvalue weighted by Crippen LogP contribution is -2.33. The van der Waals surface area contributed by atoms with Crippen LogP contribution < -0.4 is 5.73 Å². The van der Waals surface area contributed by atoms with Crippen LogP contribution >= 0.6 is 11.6 Å². The first-order valence-corrected chi connectivity index (χ1v) is 5.18. The summed E-state index contributed by atoms with van der Waals surface area (Å²) < 4.78 is 27.1. The van der Waals surface area contributed by atoms with E-state index < -0.39 is 23.1 Å². The fourth-order valence-electron chi connectivity index (χ4n) is 1.34. The van der Waals surface area contributed by atoms with Gasteiger partial charge in [-0.1, -0.05) is 25.4 Å². The maximum atomic E-state index is 13.5. The van der Waals surface area contributed by atoms with Gasteiger partial charge in [0.15, 0.2) is 0 Å². The van der Waals surface area contributed by atoms with Crippen LogP contribution in [0.4, 0.5) is 8.78 Å². The van der Waals surface area contributed by atoms with E-state index in [0.717, 1.165) is 12.1 Å². The van der Waals surface area contributed by atoms with Crippen molar-refractivity contribution >= 4 is 11.6 Å². The Hall–Kier alpha value is -0.710. The second-order valence-corrected chi connectivity index (χ2v) is 4.84. The summed E-state index contributed by atoms with van der Waals surface area (Å²) in [6.45, 7) is 2.99. The summed E-state index contributed by atoms with van der Waals surface area (Å²) in [6.07, 6.45) is 0. The maximum absolute atomic E-state index is 13.5. The first kappa shape index (κ1) is 13.4. The highest BCUT2D eigenvalue weighted by Crippen LogP contribution is 2.34. The summed E-state index contributed by atoms with van der Waals surface area (Å²) in [4.78, 5) is 0. The fraction of sp³-hybridized carbons (Fsp3) is 0.455. The molecule has 0 amide bonds. The van der Waals surface area contributed by atoms with Crippen LogP contribution in [0.3, 0.4) is 0 Å². The molecule has 0 aliphatic heterocycles. The molecule has 0 radical (unpaired) electrons. The van der Waals surface area contributed by atoms with Crippen molar-refractivity contribution < 1.29 is 13.9 Å². The number of benzene rings is 1. The Labute approximate surface area is 98.0 Å². The predicted octanol–water partition coefficient (Wildman–Crippen LogP) is 2.64. The molecule has 1 atom stereocenters. The van der Waals surface area contributed by atoms with E-state index in [0.29, 0.717) is 0 Å². The van der Waals surface area contributed by atoms with E-state index in [1.807, 2.05) is 0 Å². The molecule has 0 aliphatic carbocycles. The van der Waals surface area contributed by atoms with Gasteiger partial charge in [-0.2, -0.15) is 0 Å². The van der Waals surface area contributed by atoms with Gasteiger partial charge in [-0.25, -0.2) is 8.78 Å². The second-order valence-electron chi connectivity index (χ2n) is 4.41. The van der Waals surface area contributed by atoms with Crippen LogP contribution in [0.2, 0.25) is 5.02 Å². The minimum atomic E-state index is -0.935. The van der Waals surface area contributed by atoms with Crippen LogP contribution in [0.1, 0.15) is 25.5 Å². The SMILES string of the molecule is CC(C)(CO)[C@@H](N)c1c(F)cc(Cl)cc1F. The number of aliphatic hydroxyl groups excluding tert-OH is 1. The third-order valence-corrected chi connectivity index (χ3v) is 2.82. The van der Waals surface area contributed by atoms with Gasteiger partial charge in [0.25, 0.3) is 0 Å². The molecule has 0 fully saturated rings. The Kier molecular flexibility index (Phi) is 3.88. The first-order chi connectivity index (χ1) is 7.29. The van der Waals surface area contributed by atoms with Gasteiger partial charge in [-0.15, -0.1) is 0 Å². The van der Waals surface area contributed by atoms with Crippen molar-refractivity contribution in [2.75, 3.05) is 6.61 Å². The minimum absolute atomic E-state index is 0.0206. The van der Waals surface area contributed by atoms with Gasteiger partial charge in [-0.05, 0) is 12.1 Å². The molecule has 0 aliphatic rings. The third-order valence-electron chi connectivity index (χ3n) is 2.60. The Morgan fingerprint density at radius 3 is 2.19 bits per heavy atom. The van der Waals surface area contributed by atoms with Crippen molar-refractivity contribution in [1.29, 1.82) is 0 Å². The van der Waals surface area contributed by atoms with E-state index >= 15 is 0 Å². The van der Waals surface area contributed by atoms with Gasteiger partial charge >= 0.3 is 0 Å². The van der Waals surface area contributed by atoms with Crippen LogP contribution in [-0.2, 0) is 0 Å². The van der Waals surface area contributed by atoms with Gasteiger partial charge in [0, 0.05) is 28.6 Å². The van der Waals surface area contributed by atoms with Crippen molar-refractivity contribution in [3.8, 4) is 0 Å². The molecular formula is C11H14ClF2NO. The topological polar surface area (TPSA) is 46.2 Å². The minimum Gasteiger partial charge on any atom is -0.396 e. The average molecular weight is 250 g/mol. The summed E-state index contributed by atoms with van der Waals surface area (Å²) >= 11 is 5.50. The molecule has 0 unspecified atom stereocenters. The molecule has 0 heterocycles. The summed E-state index contributed by atoms with van der Waals surface area (Å²) in [5.74, 6) is -1.59. The maximum Gasteiger partial charge on any atom is 0.132 e. The lowest BCUT2D eigenvalue weighted by Gasteiger charge is -2.30. The van der Waals surface area contributed by atoms with Gasteiger partial charge < -0.3 is 10.8 Å². The van der Waals surface area contributed by atoms with Crippen LogP contribution in [0.5, 0.6) is 0 Å². The number of halogens is 3. The molecule has 0 saturated heterocycles. The van der Waals surface area contributed by atoms with Crippen molar-refractivity contribution in [3.05, 3.63) is 34.4 Å². The Morgan fingerprint density at radius 1 is 1.38 bits per heavy atom. The Bertz CT molecular complexity index is 373. The molecule has 0 spiro atoms. The fourth-order valence-corrected chi connectivity index (χ4v) is 1.53. The number of hydrogen-bond acceptors (Lipinski definition) is 2. The van der Waals surface area contributed by atoms with Crippen molar-refractivity contribution in [1.82, 2.24) is 0 Å². The summed E-state index contributed by atoms with van der Waals surface area (Å²) in [7, 11) is 0. The molecule has 1 rings (SSSR count). The standard InChI is InChI=1S/C11H14ClF2NO/c1-11(2,5-16)10(15)9-7(13)3-6(12)4-8(9)14/h3-4,10,16H,5,15H2,1-2H3/t10-/m0/s1. The van der Waals surface area contributed by atoms with E-state index in [9.17, 15) is 8.78 Å². The largest absolute Gasteiger partial charge is 0.396 e. The lowest BCUT2D eigenvalue weighted by molar-refractivity contribution is 0.129. The molecule has 0 saturated carbocycles. The van der Waals surface area contributed by atoms with Gasteiger partial charge in [0.05, 0.1) is 0 Å². The molecule has 2 nitrogen and oxygen atoms in total. The highest BCUT2D eigenvalue weighted by atomic mass is 35.5. The molecule has 0 aromatic heterocycles. The van der Waals surface area contributed by atoms with Crippen molar-refractivity contribution in [2.45, 2.75) is 19.9 Å². The van der Waals surface area contributed by atoms with Gasteiger partial charge in [0.1, 0.15) is 11.6 Å². The molecule has 3 N–H and O–H groups in total. The highest BCUT2D eigenvalue weighted by Gasteiger charge is 2.31. The Morgan fingerprint density at radius 2 is 1.81 bits per heavy atom. The highest BCUT2D eigenvalue weighted by molar-refractivity contribution is 6.30. The zero-order valence-electron chi connectivity index (χ0n) is 9.10. The van der Waals surface area contributed by atoms with Gasteiger partial charge in [0.2, 0.25) is 0 Å². The van der Waals surface area contributed by atoms with E-state index in [4.69, 9.17) is 22.4 Å². The predicted molar refractivity (Wildman–Crippen MR) is 59.2 cm³/mol. The van der Waals surface area contributed by atoms with E-state index in [2.05, 4.69) is 0 Å². The molecule has 5 heteroatoms. The van der Waals surface area contributed by atoms with Crippen molar-refractivity contribution in [2.24, 2.45) is 11.1 Å². The number of rotatable bonds is 3. The van der Waals surface area contributed by atoms with Crippen LogP contribution in [0, 0.1) is 17.0 Å². The Balaban J connectivity index is 3.24. The molecule has 90 valence electrons. The number of nitrogens with two attached hydrogens (primary N) is 1. The summed E-state index contributed by atoms with van der Waals surface area (Å²) in [5, 5.41) is 9.09. The average Bonchev–Trinajstić information content (AvgIpc) is 2.15. The smallest absolute Gasteiger partial charge is 0.132 e. The van der Waals surface area contributed by atoms with Crippen LogP contribution in [0.25, 0.3) is 0 Å². The van der Waals surface area contributed by atoms with Crippen LogP contribution in [0.15, 0.2) is 12.1 Å². The quantitative estimate of drug-likeness (QED) is 0.865. The second kappa shape index (κ2) is 4.65. The zero-order valence-corrected chi connectivity index (χ0v) is 9.85. The monoisotopic (exact) mass is 249 g/mol. The molecule has 1 aromatic carbocycles.